The predicted molar refractivity (Wildman–Crippen MR) is 84.2 cm³/mol. The van der Waals surface area contributed by atoms with E-state index in [9.17, 15) is 9.90 Å². The molecule has 2 nitrogen and oxygen atoms in total. The fourth-order valence-corrected chi connectivity index (χ4v) is 3.09. The van der Waals surface area contributed by atoms with Crippen LogP contribution in [0.25, 0.3) is 11.1 Å². The van der Waals surface area contributed by atoms with Gasteiger partial charge in [0.05, 0.1) is 6.10 Å². The summed E-state index contributed by atoms with van der Waals surface area (Å²) in [5.41, 5.74) is 3.06. The maximum atomic E-state index is 12.3. The highest BCUT2D eigenvalue weighted by Gasteiger charge is 2.25. The SMILES string of the molecule is O=C(C[C@@H]1CC[C@@H](O)C1)c1ccc(-c2ccccc2)cc1. The average Bonchev–Trinajstić information content (AvgIpc) is 2.93. The van der Waals surface area contributed by atoms with Crippen molar-refractivity contribution in [3.8, 4) is 11.1 Å². The minimum Gasteiger partial charge on any atom is -0.393 e. The summed E-state index contributed by atoms with van der Waals surface area (Å²) in [6.45, 7) is 0. The van der Waals surface area contributed by atoms with Crippen LogP contribution < -0.4 is 0 Å². The number of carbonyl (C=O) groups excluding carboxylic acids is 1. The van der Waals surface area contributed by atoms with Crippen LogP contribution in [-0.2, 0) is 0 Å². The average molecular weight is 280 g/mol. The molecule has 0 spiro atoms. The highest BCUT2D eigenvalue weighted by molar-refractivity contribution is 5.96. The zero-order valence-electron chi connectivity index (χ0n) is 12.0. The largest absolute Gasteiger partial charge is 0.393 e. The molecule has 108 valence electrons. The Balaban J connectivity index is 1.68. The molecule has 2 heteroatoms. The van der Waals surface area contributed by atoms with E-state index in [0.717, 1.165) is 36.0 Å². The van der Waals surface area contributed by atoms with Crippen molar-refractivity contribution in [2.75, 3.05) is 0 Å². The molecule has 0 radical (unpaired) electrons. The summed E-state index contributed by atoms with van der Waals surface area (Å²) in [4.78, 5) is 12.3. The van der Waals surface area contributed by atoms with Gasteiger partial charge in [0.1, 0.15) is 0 Å². The van der Waals surface area contributed by atoms with Crippen molar-refractivity contribution in [2.45, 2.75) is 31.8 Å². The van der Waals surface area contributed by atoms with Crippen LogP contribution in [0.4, 0.5) is 0 Å². The third kappa shape index (κ3) is 3.40. The van der Waals surface area contributed by atoms with E-state index < -0.39 is 0 Å². The fourth-order valence-electron chi connectivity index (χ4n) is 3.09. The van der Waals surface area contributed by atoms with Gasteiger partial charge in [-0.25, -0.2) is 0 Å². The Morgan fingerprint density at radius 1 is 0.952 bits per heavy atom. The summed E-state index contributed by atoms with van der Waals surface area (Å²) >= 11 is 0. The van der Waals surface area contributed by atoms with Crippen LogP contribution in [0.3, 0.4) is 0 Å². The molecule has 2 atom stereocenters. The summed E-state index contributed by atoms with van der Waals surface area (Å²) < 4.78 is 0. The van der Waals surface area contributed by atoms with Gasteiger partial charge < -0.3 is 5.11 Å². The van der Waals surface area contributed by atoms with Gasteiger partial charge in [-0.1, -0.05) is 54.6 Å². The van der Waals surface area contributed by atoms with Gasteiger partial charge in [0.2, 0.25) is 0 Å². The van der Waals surface area contributed by atoms with Crippen molar-refractivity contribution in [2.24, 2.45) is 5.92 Å². The molecule has 0 aliphatic heterocycles. The van der Waals surface area contributed by atoms with E-state index in [1.807, 2.05) is 42.5 Å². The quantitative estimate of drug-likeness (QED) is 0.857. The van der Waals surface area contributed by atoms with Gasteiger partial charge in [0.15, 0.2) is 5.78 Å². The summed E-state index contributed by atoms with van der Waals surface area (Å²) in [7, 11) is 0. The normalized spacial score (nSPS) is 21.4. The lowest BCUT2D eigenvalue weighted by Gasteiger charge is -2.09. The number of ketones is 1. The van der Waals surface area contributed by atoms with E-state index in [4.69, 9.17) is 0 Å². The summed E-state index contributed by atoms with van der Waals surface area (Å²) in [5, 5.41) is 9.53. The highest BCUT2D eigenvalue weighted by Crippen LogP contribution is 2.29. The first kappa shape index (κ1) is 14.0. The molecule has 2 aromatic rings. The standard InChI is InChI=1S/C19H20O2/c20-18-11-6-14(12-18)13-19(21)17-9-7-16(8-10-17)15-4-2-1-3-5-15/h1-5,7-10,14,18,20H,6,11-13H2/t14-,18-/m1/s1. The monoisotopic (exact) mass is 280 g/mol. The van der Waals surface area contributed by atoms with Crippen molar-refractivity contribution in [1.29, 1.82) is 0 Å². The lowest BCUT2D eigenvalue weighted by molar-refractivity contribution is 0.0957. The Bertz CT molecular complexity index is 601. The first-order valence-corrected chi connectivity index (χ1v) is 7.59. The maximum absolute atomic E-state index is 12.3. The van der Waals surface area contributed by atoms with Gasteiger partial charge >= 0.3 is 0 Å². The van der Waals surface area contributed by atoms with E-state index in [1.165, 1.54) is 0 Å². The first-order chi connectivity index (χ1) is 10.2. The maximum Gasteiger partial charge on any atom is 0.163 e. The molecule has 1 aliphatic carbocycles. The Kier molecular flexibility index (Phi) is 4.16. The van der Waals surface area contributed by atoms with Crippen molar-refractivity contribution in [1.82, 2.24) is 0 Å². The van der Waals surface area contributed by atoms with Crippen LogP contribution >= 0.6 is 0 Å². The van der Waals surface area contributed by atoms with Crippen LogP contribution in [-0.4, -0.2) is 17.0 Å². The smallest absolute Gasteiger partial charge is 0.163 e. The van der Waals surface area contributed by atoms with Crippen LogP contribution in [0.1, 0.15) is 36.0 Å². The second kappa shape index (κ2) is 6.23. The lowest BCUT2D eigenvalue weighted by Crippen LogP contribution is -2.07. The van der Waals surface area contributed by atoms with E-state index in [0.29, 0.717) is 12.3 Å². The molecule has 0 amide bonds. The van der Waals surface area contributed by atoms with Crippen molar-refractivity contribution in [3.05, 3.63) is 60.2 Å². The molecule has 0 aromatic heterocycles. The van der Waals surface area contributed by atoms with Gasteiger partial charge in [0, 0.05) is 12.0 Å². The lowest BCUT2D eigenvalue weighted by atomic mass is 9.95. The second-order valence-electron chi connectivity index (χ2n) is 5.90. The second-order valence-corrected chi connectivity index (χ2v) is 5.90. The van der Waals surface area contributed by atoms with Crippen molar-refractivity contribution >= 4 is 5.78 Å². The number of hydrogen-bond acceptors (Lipinski definition) is 2. The molecule has 2 aromatic carbocycles. The molecular weight excluding hydrogens is 260 g/mol. The van der Waals surface area contributed by atoms with Gasteiger partial charge in [0.25, 0.3) is 0 Å². The van der Waals surface area contributed by atoms with Crippen molar-refractivity contribution < 1.29 is 9.90 Å². The molecule has 0 bridgehead atoms. The third-order valence-corrected chi connectivity index (χ3v) is 4.30. The molecule has 21 heavy (non-hydrogen) atoms. The highest BCUT2D eigenvalue weighted by atomic mass is 16.3. The Labute approximate surface area is 125 Å². The van der Waals surface area contributed by atoms with Crippen LogP contribution in [0.15, 0.2) is 54.6 Å². The number of benzene rings is 2. The molecule has 0 saturated heterocycles. The first-order valence-electron chi connectivity index (χ1n) is 7.59. The van der Waals surface area contributed by atoms with E-state index in [2.05, 4.69) is 12.1 Å². The Morgan fingerprint density at radius 3 is 2.24 bits per heavy atom. The summed E-state index contributed by atoms with van der Waals surface area (Å²) in [6.07, 6.45) is 2.93. The molecule has 0 unspecified atom stereocenters. The number of Topliss-reactive ketones (excluding diaryl/α,β-unsaturated/α-hetero) is 1. The Hall–Kier alpha value is -1.93. The number of aliphatic hydroxyl groups is 1. The Morgan fingerprint density at radius 2 is 1.62 bits per heavy atom. The van der Waals surface area contributed by atoms with Crippen LogP contribution in [0.5, 0.6) is 0 Å². The van der Waals surface area contributed by atoms with Crippen LogP contribution in [0.2, 0.25) is 0 Å². The topological polar surface area (TPSA) is 37.3 Å². The van der Waals surface area contributed by atoms with Gasteiger partial charge in [-0.15, -0.1) is 0 Å². The summed E-state index contributed by atoms with van der Waals surface area (Å²) in [6, 6.07) is 18.0. The van der Waals surface area contributed by atoms with Gasteiger partial charge in [-0.05, 0) is 36.3 Å². The molecule has 1 N–H and O–H groups in total. The zero-order chi connectivity index (χ0) is 14.7. The van der Waals surface area contributed by atoms with E-state index in [-0.39, 0.29) is 11.9 Å². The minimum atomic E-state index is -0.205. The zero-order valence-corrected chi connectivity index (χ0v) is 12.0. The van der Waals surface area contributed by atoms with Gasteiger partial charge in [-0.3, -0.25) is 4.79 Å². The minimum absolute atomic E-state index is 0.189. The summed E-state index contributed by atoms with van der Waals surface area (Å²) in [5.74, 6) is 0.537. The van der Waals surface area contributed by atoms with Crippen LogP contribution in [0, 0.1) is 5.92 Å². The van der Waals surface area contributed by atoms with E-state index >= 15 is 0 Å². The molecular formula is C19H20O2. The fraction of sp³-hybridized carbons (Fsp3) is 0.316. The third-order valence-electron chi connectivity index (χ3n) is 4.30. The van der Waals surface area contributed by atoms with Crippen molar-refractivity contribution in [3.63, 3.8) is 0 Å². The molecule has 1 fully saturated rings. The number of aliphatic hydroxyl groups excluding tert-OH is 1. The molecule has 1 aliphatic rings. The molecule has 0 heterocycles. The van der Waals surface area contributed by atoms with E-state index in [1.54, 1.807) is 0 Å². The number of rotatable bonds is 4. The van der Waals surface area contributed by atoms with Gasteiger partial charge in [-0.2, -0.15) is 0 Å². The molecule has 1 saturated carbocycles. The molecule has 3 rings (SSSR count). The number of carbonyl (C=O) groups is 1. The number of hydrogen-bond donors (Lipinski definition) is 1. The predicted octanol–water partition coefficient (Wildman–Crippen LogP) is 4.09.